The first-order valence-electron chi connectivity index (χ1n) is 9.36. The van der Waals surface area contributed by atoms with Gasteiger partial charge in [-0.15, -0.1) is 11.3 Å². The number of carbonyl (C=O) groups is 1. The lowest BCUT2D eigenvalue weighted by molar-refractivity contribution is 0.101. The number of aryl methyl sites for hydroxylation is 1. The molecule has 1 aliphatic heterocycles. The first kappa shape index (κ1) is 20.1. The van der Waals surface area contributed by atoms with Gasteiger partial charge in [0.25, 0.3) is 5.91 Å². The molecule has 30 heavy (non-hydrogen) atoms. The first-order chi connectivity index (χ1) is 14.4. The Morgan fingerprint density at radius 1 is 1.10 bits per heavy atom. The summed E-state index contributed by atoms with van der Waals surface area (Å²) in [5.41, 5.74) is 2.32. The molecule has 1 aromatic carbocycles. The molecule has 0 saturated heterocycles. The number of benzene rings is 1. The normalized spacial score (nSPS) is 14.2. The van der Waals surface area contributed by atoms with Crippen molar-refractivity contribution >= 4 is 33.8 Å². The predicted molar refractivity (Wildman–Crippen MR) is 113 cm³/mol. The lowest BCUT2D eigenvalue weighted by Crippen LogP contribution is -2.31. The number of halogens is 2. The Hall–Kier alpha value is -3.20. The van der Waals surface area contributed by atoms with Gasteiger partial charge in [-0.05, 0) is 38.0 Å². The molecule has 154 valence electrons. The van der Waals surface area contributed by atoms with Crippen LogP contribution in [0.4, 0.5) is 19.7 Å². The largest absolute Gasteiger partial charge is 0.343 e. The number of hydrogen-bond donors (Lipinski definition) is 1. The summed E-state index contributed by atoms with van der Waals surface area (Å²) >= 11 is 1.65. The lowest BCUT2D eigenvalue weighted by Gasteiger charge is -2.29. The van der Waals surface area contributed by atoms with Crippen molar-refractivity contribution in [1.82, 2.24) is 15.0 Å². The van der Waals surface area contributed by atoms with Crippen LogP contribution in [-0.2, 0) is 0 Å². The van der Waals surface area contributed by atoms with Crippen molar-refractivity contribution in [2.75, 3.05) is 23.3 Å². The number of amides is 1. The second kappa shape index (κ2) is 8.27. The Morgan fingerprint density at radius 2 is 1.87 bits per heavy atom. The SMILES string of the molecule is CC1=C(c2cnc(NC(=O)c3c(F)cccc3F)cn2)CN(c2ncc(C)s2)CC1. The van der Waals surface area contributed by atoms with E-state index < -0.39 is 23.1 Å². The van der Waals surface area contributed by atoms with Gasteiger partial charge in [0.1, 0.15) is 17.2 Å². The van der Waals surface area contributed by atoms with Crippen LogP contribution < -0.4 is 10.2 Å². The highest BCUT2D eigenvalue weighted by molar-refractivity contribution is 7.15. The van der Waals surface area contributed by atoms with Crippen LogP contribution in [0.5, 0.6) is 0 Å². The molecular weight excluding hydrogens is 408 g/mol. The topological polar surface area (TPSA) is 71.0 Å². The molecule has 4 rings (SSSR count). The highest BCUT2D eigenvalue weighted by Crippen LogP contribution is 2.30. The summed E-state index contributed by atoms with van der Waals surface area (Å²) in [6, 6.07) is 3.26. The Balaban J connectivity index is 1.51. The average molecular weight is 427 g/mol. The number of nitrogens with one attached hydrogen (secondary N) is 1. The molecule has 2 aromatic heterocycles. The molecule has 0 saturated carbocycles. The maximum absolute atomic E-state index is 13.8. The summed E-state index contributed by atoms with van der Waals surface area (Å²) in [7, 11) is 0. The van der Waals surface area contributed by atoms with Crippen molar-refractivity contribution in [2.24, 2.45) is 0 Å². The monoisotopic (exact) mass is 427 g/mol. The van der Waals surface area contributed by atoms with Crippen LogP contribution in [0, 0.1) is 18.6 Å². The molecule has 0 radical (unpaired) electrons. The average Bonchev–Trinajstić information content (AvgIpc) is 3.15. The highest BCUT2D eigenvalue weighted by Gasteiger charge is 2.22. The molecule has 0 aliphatic carbocycles. The highest BCUT2D eigenvalue weighted by atomic mass is 32.1. The second-order valence-electron chi connectivity index (χ2n) is 7.02. The zero-order valence-corrected chi connectivity index (χ0v) is 17.3. The number of carbonyl (C=O) groups excluding carboxylic acids is 1. The fourth-order valence-electron chi connectivity index (χ4n) is 3.25. The lowest BCUT2D eigenvalue weighted by atomic mass is 9.99. The zero-order valence-electron chi connectivity index (χ0n) is 16.4. The zero-order chi connectivity index (χ0) is 21.3. The van der Waals surface area contributed by atoms with E-state index in [1.807, 2.05) is 13.1 Å². The van der Waals surface area contributed by atoms with Gasteiger partial charge in [0.05, 0.1) is 18.1 Å². The number of aromatic nitrogens is 3. The van der Waals surface area contributed by atoms with E-state index in [1.165, 1.54) is 17.8 Å². The van der Waals surface area contributed by atoms with Crippen LogP contribution in [0.1, 0.15) is 34.3 Å². The van der Waals surface area contributed by atoms with E-state index in [9.17, 15) is 13.6 Å². The summed E-state index contributed by atoms with van der Waals surface area (Å²) < 4.78 is 27.6. The summed E-state index contributed by atoms with van der Waals surface area (Å²) in [4.78, 5) is 28.7. The van der Waals surface area contributed by atoms with E-state index in [-0.39, 0.29) is 5.82 Å². The Labute approximate surface area is 176 Å². The van der Waals surface area contributed by atoms with Gasteiger partial charge in [-0.2, -0.15) is 0 Å². The molecule has 1 aliphatic rings. The van der Waals surface area contributed by atoms with E-state index in [4.69, 9.17) is 0 Å². The third kappa shape index (κ3) is 4.06. The minimum Gasteiger partial charge on any atom is -0.343 e. The van der Waals surface area contributed by atoms with E-state index in [2.05, 4.69) is 32.1 Å². The van der Waals surface area contributed by atoms with Gasteiger partial charge < -0.3 is 10.2 Å². The van der Waals surface area contributed by atoms with Crippen LogP contribution in [-0.4, -0.2) is 33.9 Å². The minimum absolute atomic E-state index is 0.118. The standard InChI is InChI=1S/C21H19F2N5OS/c1-12-6-7-28(21-26-8-13(2)30-21)11-14(12)17-9-25-18(10-24-17)27-20(29)19-15(22)4-3-5-16(19)23/h3-5,8-10H,6-7,11H2,1-2H3,(H,25,27,29). The van der Waals surface area contributed by atoms with Gasteiger partial charge in [-0.3, -0.25) is 9.78 Å². The van der Waals surface area contributed by atoms with Crippen LogP contribution in [0.3, 0.4) is 0 Å². The summed E-state index contributed by atoms with van der Waals surface area (Å²) in [5, 5.41) is 3.36. The quantitative estimate of drug-likeness (QED) is 0.666. The van der Waals surface area contributed by atoms with Crippen molar-refractivity contribution in [2.45, 2.75) is 20.3 Å². The third-order valence-electron chi connectivity index (χ3n) is 4.89. The van der Waals surface area contributed by atoms with Crippen molar-refractivity contribution in [3.05, 3.63) is 70.1 Å². The van der Waals surface area contributed by atoms with Gasteiger partial charge >= 0.3 is 0 Å². The van der Waals surface area contributed by atoms with Gasteiger partial charge in [-0.1, -0.05) is 11.6 Å². The number of rotatable bonds is 4. The molecule has 3 aromatic rings. The Bertz CT molecular complexity index is 1110. The predicted octanol–water partition coefficient (Wildman–Crippen LogP) is 4.46. The van der Waals surface area contributed by atoms with Crippen molar-refractivity contribution in [3.8, 4) is 0 Å². The number of nitrogens with zero attached hydrogens (tertiary/aromatic N) is 4. The molecule has 1 amide bonds. The van der Waals surface area contributed by atoms with Crippen LogP contribution in [0.15, 0.2) is 42.4 Å². The van der Waals surface area contributed by atoms with Gasteiger partial charge in [0.2, 0.25) is 0 Å². The van der Waals surface area contributed by atoms with Gasteiger partial charge in [0.15, 0.2) is 10.9 Å². The molecule has 0 fully saturated rings. The fourth-order valence-corrected chi connectivity index (χ4v) is 4.04. The molecule has 0 atom stereocenters. The maximum Gasteiger partial charge on any atom is 0.262 e. The van der Waals surface area contributed by atoms with Crippen molar-refractivity contribution < 1.29 is 13.6 Å². The molecule has 1 N–H and O–H groups in total. The van der Waals surface area contributed by atoms with Gasteiger partial charge in [0, 0.05) is 24.2 Å². The van der Waals surface area contributed by atoms with Crippen molar-refractivity contribution in [3.63, 3.8) is 0 Å². The van der Waals surface area contributed by atoms with Crippen molar-refractivity contribution in [1.29, 1.82) is 0 Å². The first-order valence-corrected chi connectivity index (χ1v) is 10.2. The smallest absolute Gasteiger partial charge is 0.262 e. The molecule has 9 heteroatoms. The molecule has 6 nitrogen and oxygen atoms in total. The minimum atomic E-state index is -0.933. The second-order valence-corrected chi connectivity index (χ2v) is 8.23. The molecule has 0 unspecified atom stereocenters. The molecule has 0 bridgehead atoms. The summed E-state index contributed by atoms with van der Waals surface area (Å²) in [6.07, 6.45) is 5.70. The Morgan fingerprint density at radius 3 is 2.50 bits per heavy atom. The van der Waals surface area contributed by atoms with Crippen LogP contribution >= 0.6 is 11.3 Å². The number of thiazole rings is 1. The van der Waals surface area contributed by atoms with E-state index in [0.717, 1.165) is 40.7 Å². The van der Waals surface area contributed by atoms with E-state index in [1.54, 1.807) is 17.5 Å². The third-order valence-corrected chi connectivity index (χ3v) is 5.87. The van der Waals surface area contributed by atoms with E-state index in [0.29, 0.717) is 12.2 Å². The summed E-state index contributed by atoms with van der Waals surface area (Å²) in [6.45, 7) is 5.65. The Kier molecular flexibility index (Phi) is 5.54. The van der Waals surface area contributed by atoms with Crippen LogP contribution in [0.2, 0.25) is 0 Å². The fraction of sp³-hybridized carbons (Fsp3) is 0.238. The summed E-state index contributed by atoms with van der Waals surface area (Å²) in [5.74, 6) is -2.66. The maximum atomic E-state index is 13.8. The van der Waals surface area contributed by atoms with Crippen LogP contribution in [0.25, 0.3) is 5.57 Å². The number of anilines is 2. The molecule has 3 heterocycles. The van der Waals surface area contributed by atoms with Gasteiger partial charge in [-0.25, -0.2) is 18.7 Å². The number of hydrogen-bond acceptors (Lipinski definition) is 6. The molecule has 0 spiro atoms. The van der Waals surface area contributed by atoms with E-state index >= 15 is 0 Å². The molecular formula is C21H19F2N5OS.